The Labute approximate surface area is 340 Å². The van der Waals surface area contributed by atoms with Crippen molar-refractivity contribution >= 4 is 40.4 Å². The molecule has 306 valence electrons. The number of fused-ring (bicyclic) bond motifs is 2. The Hall–Kier alpha value is -5.49. The van der Waals surface area contributed by atoms with Gasteiger partial charge < -0.3 is 36.5 Å². The Morgan fingerprint density at radius 1 is 0.603 bits per heavy atom. The van der Waals surface area contributed by atoms with Gasteiger partial charge in [-0.3, -0.25) is 24.0 Å². The van der Waals surface area contributed by atoms with Gasteiger partial charge >= 0.3 is 0 Å². The molecule has 12 nitrogen and oxygen atoms in total. The van der Waals surface area contributed by atoms with E-state index < -0.39 is 42.0 Å². The van der Waals surface area contributed by atoms with Gasteiger partial charge in [-0.1, -0.05) is 111 Å². The third-order valence-electron chi connectivity index (χ3n) is 12.1. The molecule has 0 bridgehead atoms. The number of amides is 5. The molecular formula is C46H57N7O5. The average molecular weight is 788 g/mol. The van der Waals surface area contributed by atoms with Crippen LogP contribution in [0.1, 0.15) is 80.9 Å². The van der Waals surface area contributed by atoms with E-state index in [2.05, 4.69) is 31.6 Å². The minimum absolute atomic E-state index is 0.160. The number of hydrogen-bond acceptors (Lipinski definition) is 6. The molecule has 1 saturated carbocycles. The Morgan fingerprint density at radius 3 is 2.02 bits per heavy atom. The summed E-state index contributed by atoms with van der Waals surface area (Å²) in [5, 5.41) is 16.5. The molecule has 2 saturated heterocycles. The van der Waals surface area contributed by atoms with E-state index >= 15 is 0 Å². The zero-order valence-corrected chi connectivity index (χ0v) is 33.2. The molecule has 1 aromatic heterocycles. The number of H-pyrrole nitrogens is 1. The maximum Gasteiger partial charge on any atom is 0.243 e. The van der Waals surface area contributed by atoms with Crippen LogP contribution in [-0.2, 0) is 43.4 Å². The SMILES string of the molecule is O=C1NCCC[C@H](NCc2ccccc2)C(=O)N2CCC[C@H]2C(=O)N[C@H](CC2CCCCC2)C(=O)N[C@@H](Cc2c[nH]c3ccccc23)C(=O)N[C@H]1Cc1ccccc1. The average Bonchev–Trinajstić information content (AvgIpc) is 3.91. The lowest BCUT2D eigenvalue weighted by Gasteiger charge is -2.32. The maximum atomic E-state index is 14.6. The van der Waals surface area contributed by atoms with Gasteiger partial charge in [-0.05, 0) is 60.8 Å². The number of aromatic amines is 1. The number of aromatic nitrogens is 1. The summed E-state index contributed by atoms with van der Waals surface area (Å²) < 4.78 is 0. The Kier molecular flexibility index (Phi) is 13.9. The fourth-order valence-corrected chi connectivity index (χ4v) is 8.88. The van der Waals surface area contributed by atoms with Gasteiger partial charge in [0.15, 0.2) is 0 Å². The first kappa shape index (κ1) is 40.7. The predicted octanol–water partition coefficient (Wildman–Crippen LogP) is 4.44. The second kappa shape index (κ2) is 19.8. The first-order valence-corrected chi connectivity index (χ1v) is 21.2. The highest BCUT2D eigenvalue weighted by Gasteiger charge is 2.39. The molecule has 1 aliphatic carbocycles. The number of carbonyl (C=O) groups is 5. The van der Waals surface area contributed by atoms with Crippen molar-refractivity contribution in [1.82, 2.24) is 36.5 Å². The summed E-state index contributed by atoms with van der Waals surface area (Å²) in [7, 11) is 0. The molecule has 0 radical (unpaired) electrons. The molecule has 3 aromatic carbocycles. The molecule has 58 heavy (non-hydrogen) atoms. The second-order valence-corrected chi connectivity index (χ2v) is 16.2. The number of benzene rings is 3. The van der Waals surface area contributed by atoms with Crippen molar-refractivity contribution in [2.75, 3.05) is 13.1 Å². The van der Waals surface area contributed by atoms with Gasteiger partial charge in [0.1, 0.15) is 24.2 Å². The van der Waals surface area contributed by atoms with E-state index in [0.29, 0.717) is 45.2 Å². The van der Waals surface area contributed by atoms with Gasteiger partial charge in [-0.15, -0.1) is 0 Å². The summed E-state index contributed by atoms with van der Waals surface area (Å²) in [4.78, 5) is 76.6. The molecule has 6 N–H and O–H groups in total. The van der Waals surface area contributed by atoms with Gasteiger partial charge in [-0.2, -0.15) is 0 Å². The fraction of sp³-hybridized carbons (Fsp3) is 0.457. The molecule has 7 rings (SSSR count). The fourth-order valence-electron chi connectivity index (χ4n) is 8.88. The van der Waals surface area contributed by atoms with Gasteiger partial charge in [0, 0.05) is 49.6 Å². The highest BCUT2D eigenvalue weighted by molar-refractivity contribution is 5.96. The second-order valence-electron chi connectivity index (χ2n) is 16.2. The number of para-hydroxylation sites is 1. The van der Waals surface area contributed by atoms with Gasteiger partial charge in [-0.25, -0.2) is 0 Å². The van der Waals surface area contributed by atoms with E-state index in [1.54, 1.807) is 4.90 Å². The first-order valence-electron chi connectivity index (χ1n) is 21.2. The molecular weight excluding hydrogens is 731 g/mol. The molecule has 0 unspecified atom stereocenters. The van der Waals surface area contributed by atoms with Crippen LogP contribution in [-0.4, -0.2) is 82.7 Å². The highest BCUT2D eigenvalue weighted by Crippen LogP contribution is 2.28. The van der Waals surface area contributed by atoms with E-state index in [-0.39, 0.29) is 43.0 Å². The molecule has 4 aromatic rings. The Bertz CT molecular complexity index is 2010. The molecule has 3 aliphatic rings. The molecule has 0 spiro atoms. The van der Waals surface area contributed by atoms with Crippen LogP contribution >= 0.6 is 0 Å². The number of nitrogens with one attached hydrogen (secondary N) is 6. The lowest BCUT2D eigenvalue weighted by molar-refractivity contribution is -0.141. The monoisotopic (exact) mass is 787 g/mol. The van der Waals surface area contributed by atoms with Crippen LogP contribution < -0.4 is 26.6 Å². The number of hydrogen-bond donors (Lipinski definition) is 6. The van der Waals surface area contributed by atoms with Crippen molar-refractivity contribution < 1.29 is 24.0 Å². The number of carbonyl (C=O) groups excluding carboxylic acids is 5. The van der Waals surface area contributed by atoms with E-state index in [0.717, 1.165) is 59.7 Å². The van der Waals surface area contributed by atoms with E-state index in [9.17, 15) is 24.0 Å². The first-order chi connectivity index (χ1) is 28.3. The summed E-state index contributed by atoms with van der Waals surface area (Å²) in [6, 6.07) is 22.9. The molecule has 3 heterocycles. The van der Waals surface area contributed by atoms with Crippen molar-refractivity contribution in [3.63, 3.8) is 0 Å². The standard InChI is InChI=1S/C46H57N7O5/c54-42-38(26-31-14-4-1-5-15-31)50-44(56)40(28-34-30-49-36-21-11-10-20-35(34)36)51-43(55)39(27-32-16-6-2-7-17-32)52-45(57)41-23-13-25-53(41)46(58)37(22-12-24-47-42)48-29-33-18-8-3-9-19-33/h1,3-5,8-11,14-15,18-21,30,32,37-41,48-49H,2,6-7,12-13,16-17,22-29H2,(H,47,54)(H,50,56)(H,51,55)(H,52,57)/t37-,38-,39+,40-,41-/m0/s1. The zero-order chi connectivity index (χ0) is 40.3. The van der Waals surface area contributed by atoms with Crippen molar-refractivity contribution in [1.29, 1.82) is 0 Å². The number of rotatable bonds is 9. The van der Waals surface area contributed by atoms with E-state index in [1.165, 1.54) is 0 Å². The number of nitrogens with zero attached hydrogens (tertiary/aromatic N) is 1. The quantitative estimate of drug-likeness (QED) is 0.147. The third-order valence-corrected chi connectivity index (χ3v) is 12.1. The lowest BCUT2D eigenvalue weighted by atomic mass is 9.84. The van der Waals surface area contributed by atoms with E-state index in [4.69, 9.17) is 0 Å². The van der Waals surface area contributed by atoms with Crippen LogP contribution in [0.3, 0.4) is 0 Å². The van der Waals surface area contributed by atoms with Crippen molar-refractivity contribution in [2.24, 2.45) is 5.92 Å². The summed E-state index contributed by atoms with van der Waals surface area (Å²) in [5.41, 5.74) is 3.64. The van der Waals surface area contributed by atoms with Crippen LogP contribution in [0.25, 0.3) is 10.9 Å². The third kappa shape index (κ3) is 10.5. The topological polar surface area (TPSA) is 165 Å². The summed E-state index contributed by atoms with van der Waals surface area (Å²) in [6.45, 7) is 1.17. The molecule has 2 aliphatic heterocycles. The smallest absolute Gasteiger partial charge is 0.243 e. The van der Waals surface area contributed by atoms with Gasteiger partial charge in [0.2, 0.25) is 29.5 Å². The van der Waals surface area contributed by atoms with Crippen LogP contribution in [0.5, 0.6) is 0 Å². The lowest BCUT2D eigenvalue weighted by Crippen LogP contribution is -2.59. The zero-order valence-electron chi connectivity index (χ0n) is 33.2. The Morgan fingerprint density at radius 2 is 1.26 bits per heavy atom. The molecule has 5 atom stereocenters. The molecule has 5 amide bonds. The van der Waals surface area contributed by atoms with E-state index in [1.807, 2.05) is 91.1 Å². The Balaban J connectivity index is 1.20. The summed E-state index contributed by atoms with van der Waals surface area (Å²) in [6.07, 6.45) is 9.92. The van der Waals surface area contributed by atoms with Crippen LogP contribution in [0.2, 0.25) is 0 Å². The van der Waals surface area contributed by atoms with Crippen molar-refractivity contribution in [3.05, 3.63) is 108 Å². The van der Waals surface area contributed by atoms with Gasteiger partial charge in [0.25, 0.3) is 0 Å². The summed E-state index contributed by atoms with van der Waals surface area (Å²) >= 11 is 0. The maximum absolute atomic E-state index is 14.6. The minimum atomic E-state index is -1.05. The van der Waals surface area contributed by atoms with Crippen molar-refractivity contribution in [3.8, 4) is 0 Å². The van der Waals surface area contributed by atoms with Crippen LogP contribution in [0.15, 0.2) is 91.1 Å². The molecule has 12 heteroatoms. The normalized spacial score (nSPS) is 24.6. The minimum Gasteiger partial charge on any atom is -0.361 e. The van der Waals surface area contributed by atoms with Crippen molar-refractivity contribution in [2.45, 2.75) is 114 Å². The molecule has 3 fully saturated rings. The van der Waals surface area contributed by atoms with Gasteiger partial charge in [0.05, 0.1) is 6.04 Å². The predicted molar refractivity (Wildman–Crippen MR) is 223 cm³/mol. The largest absolute Gasteiger partial charge is 0.361 e. The van der Waals surface area contributed by atoms with Crippen LogP contribution in [0.4, 0.5) is 0 Å². The summed E-state index contributed by atoms with van der Waals surface area (Å²) in [5.74, 6) is -1.58. The highest BCUT2D eigenvalue weighted by atomic mass is 16.2. The van der Waals surface area contributed by atoms with Crippen LogP contribution in [0, 0.1) is 5.92 Å².